The van der Waals surface area contributed by atoms with Gasteiger partial charge in [0.1, 0.15) is 0 Å². The highest BCUT2D eigenvalue weighted by atomic mass is 14.9. The Bertz CT molecular complexity index is 291. The highest BCUT2D eigenvalue weighted by molar-refractivity contribution is 5.17. The average Bonchev–Trinajstić information content (AvgIpc) is 2.71. The highest BCUT2D eigenvalue weighted by Gasteiger charge is 2.33. The van der Waals surface area contributed by atoms with Gasteiger partial charge >= 0.3 is 0 Å². The maximum absolute atomic E-state index is 3.61. The summed E-state index contributed by atoms with van der Waals surface area (Å²) in [7, 11) is 0. The van der Waals surface area contributed by atoms with Crippen LogP contribution in [0.4, 0.5) is 0 Å². The average molecular weight is 190 g/mol. The summed E-state index contributed by atoms with van der Waals surface area (Å²) in [6.07, 6.45) is 9.75. The van der Waals surface area contributed by atoms with Crippen LogP contribution in [0.25, 0.3) is 0 Å². The third-order valence-corrected chi connectivity index (χ3v) is 3.98. The maximum Gasteiger partial charge on any atom is 0.00701 e. The first-order chi connectivity index (χ1) is 6.93. The monoisotopic (exact) mass is 190 g/mol. The van der Waals surface area contributed by atoms with Crippen LogP contribution in [0, 0.1) is 5.92 Å². The van der Waals surface area contributed by atoms with Gasteiger partial charge in [-0.3, -0.25) is 0 Å². The molecule has 0 aromatic carbocycles. The summed E-state index contributed by atoms with van der Waals surface area (Å²) in [5, 5.41) is 3.61. The second-order valence-corrected chi connectivity index (χ2v) is 4.76. The van der Waals surface area contributed by atoms with Gasteiger partial charge in [-0.25, -0.2) is 0 Å². The van der Waals surface area contributed by atoms with Crippen LogP contribution < -0.4 is 5.32 Å². The fourth-order valence-corrected chi connectivity index (χ4v) is 3.25. The van der Waals surface area contributed by atoms with Gasteiger partial charge in [0.05, 0.1) is 0 Å². The number of rotatable bonds is 1. The topological polar surface area (TPSA) is 27.8 Å². The first-order valence-electron chi connectivity index (χ1n) is 5.79. The van der Waals surface area contributed by atoms with Gasteiger partial charge in [-0.15, -0.1) is 0 Å². The fourth-order valence-electron chi connectivity index (χ4n) is 3.25. The Kier molecular flexibility index (Phi) is 2.09. The molecule has 0 amide bonds. The molecule has 2 aliphatic rings. The van der Waals surface area contributed by atoms with Crippen molar-refractivity contribution in [2.24, 2.45) is 5.92 Å². The minimum atomic E-state index is 0.823. The van der Waals surface area contributed by atoms with Gasteiger partial charge in [0, 0.05) is 18.4 Å². The Hall–Kier alpha value is -0.760. The van der Waals surface area contributed by atoms with Crippen LogP contribution in [0.15, 0.2) is 18.5 Å². The number of fused-ring (bicyclic) bond motifs is 2. The zero-order valence-corrected chi connectivity index (χ0v) is 8.50. The van der Waals surface area contributed by atoms with Crippen LogP contribution in [0.5, 0.6) is 0 Å². The van der Waals surface area contributed by atoms with Crippen molar-refractivity contribution in [3.8, 4) is 0 Å². The zero-order valence-electron chi connectivity index (χ0n) is 8.50. The number of aromatic amines is 1. The lowest BCUT2D eigenvalue weighted by Crippen LogP contribution is -2.43. The predicted octanol–water partition coefficient (Wildman–Crippen LogP) is 2.26. The van der Waals surface area contributed by atoms with E-state index in [0.29, 0.717) is 0 Å². The molecule has 14 heavy (non-hydrogen) atoms. The number of piperidine rings is 1. The summed E-state index contributed by atoms with van der Waals surface area (Å²) in [5.74, 6) is 1.77. The Morgan fingerprint density at radius 3 is 3.07 bits per heavy atom. The lowest BCUT2D eigenvalue weighted by Gasteiger charge is -2.40. The van der Waals surface area contributed by atoms with E-state index >= 15 is 0 Å². The molecule has 3 atom stereocenters. The second kappa shape index (κ2) is 3.43. The molecule has 0 spiro atoms. The largest absolute Gasteiger partial charge is 0.367 e. The standard InChI is InChI=1S/C12H18N2/c1-2-12(10-3-5-13-8-10)9-4-6-14-11(1)7-9/h3,5,8-9,11-14H,1-2,4,6-7H2. The molecule has 0 radical (unpaired) electrons. The molecule has 1 aromatic heterocycles. The molecule has 2 nitrogen and oxygen atoms in total. The summed E-state index contributed by atoms with van der Waals surface area (Å²) in [4.78, 5) is 3.19. The van der Waals surface area contributed by atoms with Gasteiger partial charge in [0.25, 0.3) is 0 Å². The molecule has 1 aromatic rings. The van der Waals surface area contributed by atoms with Crippen LogP contribution in [0.3, 0.4) is 0 Å². The van der Waals surface area contributed by atoms with E-state index in [4.69, 9.17) is 0 Å². The van der Waals surface area contributed by atoms with Gasteiger partial charge < -0.3 is 10.3 Å². The van der Waals surface area contributed by atoms with Crippen molar-refractivity contribution in [3.05, 3.63) is 24.0 Å². The number of hydrogen-bond donors (Lipinski definition) is 2. The van der Waals surface area contributed by atoms with Gasteiger partial charge in [0.2, 0.25) is 0 Å². The fraction of sp³-hybridized carbons (Fsp3) is 0.667. The quantitative estimate of drug-likeness (QED) is 0.698. The molecule has 1 saturated heterocycles. The SMILES string of the molecule is c1cc(C2CCC3CC2CCN3)c[nH]1. The molecule has 2 heteroatoms. The van der Waals surface area contributed by atoms with Gasteiger partial charge in [-0.05, 0) is 55.7 Å². The van der Waals surface area contributed by atoms with E-state index < -0.39 is 0 Å². The third-order valence-electron chi connectivity index (χ3n) is 3.98. The normalized spacial score (nSPS) is 37.0. The Morgan fingerprint density at radius 2 is 2.21 bits per heavy atom. The molecule has 2 heterocycles. The van der Waals surface area contributed by atoms with E-state index in [2.05, 4.69) is 28.8 Å². The van der Waals surface area contributed by atoms with Crippen molar-refractivity contribution in [2.45, 2.75) is 37.6 Å². The number of H-pyrrole nitrogens is 1. The van der Waals surface area contributed by atoms with Gasteiger partial charge in [0.15, 0.2) is 0 Å². The van der Waals surface area contributed by atoms with Crippen LogP contribution >= 0.6 is 0 Å². The van der Waals surface area contributed by atoms with Crippen LogP contribution in [0.2, 0.25) is 0 Å². The maximum atomic E-state index is 3.61. The lowest BCUT2D eigenvalue weighted by molar-refractivity contribution is 0.195. The third kappa shape index (κ3) is 1.38. The predicted molar refractivity (Wildman–Crippen MR) is 57.3 cm³/mol. The summed E-state index contributed by atoms with van der Waals surface area (Å²) in [6, 6.07) is 3.08. The molecule has 76 valence electrons. The van der Waals surface area contributed by atoms with Crippen molar-refractivity contribution < 1.29 is 0 Å². The molecule has 1 aliphatic carbocycles. The zero-order chi connectivity index (χ0) is 9.38. The Balaban J connectivity index is 1.80. The number of hydrogen-bond acceptors (Lipinski definition) is 1. The minimum Gasteiger partial charge on any atom is -0.367 e. The van der Waals surface area contributed by atoms with Crippen molar-refractivity contribution in [1.82, 2.24) is 10.3 Å². The molecule has 1 aliphatic heterocycles. The molecule has 3 rings (SSSR count). The van der Waals surface area contributed by atoms with E-state index in [9.17, 15) is 0 Å². The van der Waals surface area contributed by atoms with Crippen molar-refractivity contribution >= 4 is 0 Å². The van der Waals surface area contributed by atoms with E-state index in [-0.39, 0.29) is 0 Å². The van der Waals surface area contributed by atoms with Crippen LogP contribution in [-0.2, 0) is 0 Å². The van der Waals surface area contributed by atoms with E-state index in [1.807, 2.05) is 0 Å². The van der Waals surface area contributed by atoms with Crippen molar-refractivity contribution in [1.29, 1.82) is 0 Å². The molecule has 2 N–H and O–H groups in total. The Labute approximate surface area is 85.1 Å². The Morgan fingerprint density at radius 1 is 1.21 bits per heavy atom. The highest BCUT2D eigenvalue weighted by Crippen LogP contribution is 2.41. The molecule has 1 saturated carbocycles. The van der Waals surface area contributed by atoms with Gasteiger partial charge in [-0.1, -0.05) is 0 Å². The molecule has 2 fully saturated rings. The van der Waals surface area contributed by atoms with Crippen molar-refractivity contribution in [2.75, 3.05) is 6.54 Å². The van der Waals surface area contributed by atoms with Crippen LogP contribution in [-0.4, -0.2) is 17.6 Å². The first-order valence-corrected chi connectivity index (χ1v) is 5.79. The molecule has 3 unspecified atom stereocenters. The van der Waals surface area contributed by atoms with E-state index in [1.165, 1.54) is 37.8 Å². The van der Waals surface area contributed by atoms with Gasteiger partial charge in [-0.2, -0.15) is 0 Å². The molecule has 2 bridgehead atoms. The molecular formula is C12H18N2. The summed E-state index contributed by atoms with van der Waals surface area (Å²) in [6.45, 7) is 1.23. The summed E-state index contributed by atoms with van der Waals surface area (Å²) in [5.41, 5.74) is 1.54. The second-order valence-electron chi connectivity index (χ2n) is 4.76. The molecular weight excluding hydrogens is 172 g/mol. The first kappa shape index (κ1) is 8.54. The number of nitrogens with one attached hydrogen (secondary N) is 2. The van der Waals surface area contributed by atoms with E-state index in [0.717, 1.165) is 17.9 Å². The smallest absolute Gasteiger partial charge is 0.00701 e. The van der Waals surface area contributed by atoms with E-state index in [1.54, 1.807) is 0 Å². The van der Waals surface area contributed by atoms with Crippen molar-refractivity contribution in [3.63, 3.8) is 0 Å². The number of aromatic nitrogens is 1. The lowest BCUT2D eigenvalue weighted by atomic mass is 9.71. The summed E-state index contributed by atoms with van der Waals surface area (Å²) < 4.78 is 0. The van der Waals surface area contributed by atoms with Crippen LogP contribution in [0.1, 0.15) is 37.2 Å². The minimum absolute atomic E-state index is 0.823. The summed E-state index contributed by atoms with van der Waals surface area (Å²) >= 11 is 0.